The highest BCUT2D eigenvalue weighted by atomic mass is 32.2. The van der Waals surface area contributed by atoms with Crippen LogP contribution >= 0.6 is 0 Å². The summed E-state index contributed by atoms with van der Waals surface area (Å²) in [6, 6.07) is 5.85. The second-order valence-electron chi connectivity index (χ2n) is 4.10. The maximum Gasteiger partial charge on any atom is 0.269 e. The molecule has 0 radical (unpaired) electrons. The SMILES string of the molecule is CN(Cc1cccc([N+](=O)[O-])c1)S(=O)(=O)c1cnc[nH]1. The molecule has 20 heavy (non-hydrogen) atoms. The zero-order valence-corrected chi connectivity index (χ0v) is 11.4. The van der Waals surface area contributed by atoms with E-state index in [9.17, 15) is 18.5 Å². The van der Waals surface area contributed by atoms with E-state index in [0.29, 0.717) is 5.56 Å². The van der Waals surface area contributed by atoms with Crippen LogP contribution in [0.5, 0.6) is 0 Å². The average molecular weight is 296 g/mol. The molecule has 8 nitrogen and oxygen atoms in total. The molecular weight excluding hydrogens is 284 g/mol. The summed E-state index contributed by atoms with van der Waals surface area (Å²) in [4.78, 5) is 16.4. The molecule has 0 unspecified atom stereocenters. The van der Waals surface area contributed by atoms with Gasteiger partial charge in [0.2, 0.25) is 0 Å². The third kappa shape index (κ3) is 2.83. The van der Waals surface area contributed by atoms with Crippen molar-refractivity contribution in [2.75, 3.05) is 7.05 Å². The van der Waals surface area contributed by atoms with Crippen LogP contribution in [0.25, 0.3) is 0 Å². The number of nitrogens with one attached hydrogen (secondary N) is 1. The van der Waals surface area contributed by atoms with Crippen molar-refractivity contribution in [3.63, 3.8) is 0 Å². The number of hydrogen-bond donors (Lipinski definition) is 1. The molecule has 0 saturated heterocycles. The zero-order valence-electron chi connectivity index (χ0n) is 10.6. The first-order valence-corrected chi connectivity index (χ1v) is 7.03. The van der Waals surface area contributed by atoms with Crippen LogP contribution in [0.15, 0.2) is 41.8 Å². The van der Waals surface area contributed by atoms with Gasteiger partial charge in [-0.05, 0) is 5.56 Å². The summed E-state index contributed by atoms with van der Waals surface area (Å²) >= 11 is 0. The van der Waals surface area contributed by atoms with E-state index in [1.165, 1.54) is 37.8 Å². The van der Waals surface area contributed by atoms with Crippen molar-refractivity contribution < 1.29 is 13.3 Å². The number of nitrogens with zero attached hydrogens (tertiary/aromatic N) is 3. The molecule has 2 aromatic rings. The smallest absolute Gasteiger partial charge is 0.269 e. The van der Waals surface area contributed by atoms with Crippen LogP contribution in [-0.4, -0.2) is 34.7 Å². The Hall–Kier alpha value is -2.26. The van der Waals surface area contributed by atoms with Gasteiger partial charge >= 0.3 is 0 Å². The highest BCUT2D eigenvalue weighted by Crippen LogP contribution is 2.17. The van der Waals surface area contributed by atoms with E-state index in [1.54, 1.807) is 6.07 Å². The Kier molecular flexibility index (Phi) is 3.81. The van der Waals surface area contributed by atoms with Gasteiger partial charge in [0.05, 0.1) is 17.4 Å². The monoisotopic (exact) mass is 296 g/mol. The fourth-order valence-corrected chi connectivity index (χ4v) is 2.71. The van der Waals surface area contributed by atoms with Gasteiger partial charge in [-0.15, -0.1) is 0 Å². The predicted octanol–water partition coefficient (Wildman–Crippen LogP) is 1.14. The number of non-ortho nitro benzene ring substituents is 1. The molecule has 0 atom stereocenters. The fraction of sp³-hybridized carbons (Fsp3) is 0.182. The topological polar surface area (TPSA) is 109 Å². The van der Waals surface area contributed by atoms with Crippen LogP contribution in [0.2, 0.25) is 0 Å². The molecule has 0 fully saturated rings. The molecule has 1 aromatic carbocycles. The first-order valence-electron chi connectivity index (χ1n) is 5.59. The number of nitro benzene ring substituents is 1. The summed E-state index contributed by atoms with van der Waals surface area (Å²) in [7, 11) is -2.28. The number of imidazole rings is 1. The number of aromatic amines is 1. The van der Waals surface area contributed by atoms with Gasteiger partial charge in [-0.1, -0.05) is 12.1 Å². The lowest BCUT2D eigenvalue weighted by Crippen LogP contribution is -2.26. The minimum atomic E-state index is -3.68. The Morgan fingerprint density at radius 1 is 1.45 bits per heavy atom. The molecule has 9 heteroatoms. The van der Waals surface area contributed by atoms with Crippen LogP contribution in [0.1, 0.15) is 5.56 Å². The second-order valence-corrected chi connectivity index (χ2v) is 6.12. The Balaban J connectivity index is 2.22. The van der Waals surface area contributed by atoms with Gasteiger partial charge in [0.25, 0.3) is 15.7 Å². The quantitative estimate of drug-likeness (QED) is 0.657. The Morgan fingerprint density at radius 2 is 2.20 bits per heavy atom. The standard InChI is InChI=1S/C11H12N4O4S/c1-14(20(18,19)11-6-12-8-13-11)7-9-3-2-4-10(5-9)15(16)17/h2-6,8H,7H2,1H3,(H,12,13). The highest BCUT2D eigenvalue weighted by molar-refractivity contribution is 7.89. The third-order valence-electron chi connectivity index (χ3n) is 2.69. The molecule has 0 aliphatic rings. The molecule has 0 aliphatic carbocycles. The van der Waals surface area contributed by atoms with Crippen molar-refractivity contribution in [1.29, 1.82) is 0 Å². The van der Waals surface area contributed by atoms with E-state index >= 15 is 0 Å². The zero-order chi connectivity index (χ0) is 14.8. The van der Waals surface area contributed by atoms with Crippen LogP contribution in [-0.2, 0) is 16.6 Å². The Bertz CT molecular complexity index is 712. The molecule has 2 rings (SSSR count). The summed E-state index contributed by atoms with van der Waals surface area (Å²) in [6.45, 7) is 0.0308. The number of aromatic nitrogens is 2. The molecule has 0 bridgehead atoms. The minimum absolute atomic E-state index is 0.0227. The highest BCUT2D eigenvalue weighted by Gasteiger charge is 2.22. The third-order valence-corrected chi connectivity index (χ3v) is 4.42. The van der Waals surface area contributed by atoms with Crippen molar-refractivity contribution in [3.05, 3.63) is 52.5 Å². The van der Waals surface area contributed by atoms with Crippen LogP contribution in [0.3, 0.4) is 0 Å². The molecule has 0 amide bonds. The number of hydrogen-bond acceptors (Lipinski definition) is 5. The van der Waals surface area contributed by atoms with Crippen LogP contribution < -0.4 is 0 Å². The maximum atomic E-state index is 12.1. The van der Waals surface area contributed by atoms with Gasteiger partial charge < -0.3 is 4.98 Å². The van der Waals surface area contributed by atoms with Gasteiger partial charge in [0.15, 0.2) is 5.03 Å². The van der Waals surface area contributed by atoms with Crippen molar-refractivity contribution in [2.45, 2.75) is 11.6 Å². The Labute approximate surface area is 115 Å². The molecule has 106 valence electrons. The molecule has 1 N–H and O–H groups in total. The largest absolute Gasteiger partial charge is 0.335 e. The van der Waals surface area contributed by atoms with Gasteiger partial charge in [0, 0.05) is 25.7 Å². The van der Waals surface area contributed by atoms with Gasteiger partial charge in [-0.3, -0.25) is 10.1 Å². The van der Waals surface area contributed by atoms with Gasteiger partial charge in [0.1, 0.15) is 0 Å². The van der Waals surface area contributed by atoms with Crippen LogP contribution in [0, 0.1) is 10.1 Å². The van der Waals surface area contributed by atoms with E-state index in [2.05, 4.69) is 9.97 Å². The summed E-state index contributed by atoms with van der Waals surface area (Å²) < 4.78 is 25.4. The fourth-order valence-electron chi connectivity index (χ4n) is 1.66. The van der Waals surface area contributed by atoms with Crippen LogP contribution in [0.4, 0.5) is 5.69 Å². The van der Waals surface area contributed by atoms with Crippen molar-refractivity contribution in [3.8, 4) is 0 Å². The molecule has 1 aromatic heterocycles. The van der Waals surface area contributed by atoms with Crippen molar-refractivity contribution in [2.24, 2.45) is 0 Å². The van der Waals surface area contributed by atoms with E-state index in [-0.39, 0.29) is 17.3 Å². The summed E-state index contributed by atoms with van der Waals surface area (Å²) in [5.74, 6) is 0. The number of sulfonamides is 1. The summed E-state index contributed by atoms with van der Waals surface area (Å²) in [5, 5.41) is 10.7. The lowest BCUT2D eigenvalue weighted by atomic mass is 10.2. The lowest BCUT2D eigenvalue weighted by molar-refractivity contribution is -0.384. The molecule has 1 heterocycles. The maximum absolute atomic E-state index is 12.1. The first-order chi connectivity index (χ1) is 9.41. The average Bonchev–Trinajstić information content (AvgIpc) is 2.93. The van der Waals surface area contributed by atoms with Gasteiger partial charge in [-0.2, -0.15) is 4.31 Å². The second kappa shape index (κ2) is 5.39. The van der Waals surface area contributed by atoms with E-state index in [1.807, 2.05) is 0 Å². The molecule has 0 aliphatic heterocycles. The molecule has 0 spiro atoms. The number of benzene rings is 1. The van der Waals surface area contributed by atoms with Gasteiger partial charge in [-0.25, -0.2) is 13.4 Å². The minimum Gasteiger partial charge on any atom is -0.335 e. The van der Waals surface area contributed by atoms with E-state index < -0.39 is 14.9 Å². The van der Waals surface area contributed by atoms with E-state index in [4.69, 9.17) is 0 Å². The normalized spacial score (nSPS) is 11.7. The number of nitro groups is 1. The summed E-state index contributed by atoms with van der Waals surface area (Å²) in [5.41, 5.74) is 0.458. The summed E-state index contributed by atoms with van der Waals surface area (Å²) in [6.07, 6.45) is 2.48. The number of rotatable bonds is 5. The number of H-pyrrole nitrogens is 1. The Morgan fingerprint density at radius 3 is 2.80 bits per heavy atom. The van der Waals surface area contributed by atoms with Crippen molar-refractivity contribution >= 4 is 15.7 Å². The van der Waals surface area contributed by atoms with E-state index in [0.717, 1.165) is 4.31 Å². The first kappa shape index (κ1) is 14.2. The molecule has 0 saturated carbocycles. The predicted molar refractivity (Wildman–Crippen MR) is 70.3 cm³/mol. The van der Waals surface area contributed by atoms with Crippen molar-refractivity contribution in [1.82, 2.24) is 14.3 Å². The molecular formula is C11H12N4O4S. The lowest BCUT2D eigenvalue weighted by Gasteiger charge is -2.15.